The van der Waals surface area contributed by atoms with Crippen LogP contribution in [0.25, 0.3) is 0 Å². The van der Waals surface area contributed by atoms with Crippen LogP contribution < -0.4 is 5.32 Å². The maximum atomic E-state index is 12.9. The second-order valence-electron chi connectivity index (χ2n) is 6.09. The SMILES string of the molecule is O=C(CN1CCCC1c1cccc(Br)c1)NCc1ccc(F)cc1. The van der Waals surface area contributed by atoms with E-state index in [1.54, 1.807) is 12.1 Å². The van der Waals surface area contributed by atoms with Gasteiger partial charge in [0, 0.05) is 17.1 Å². The topological polar surface area (TPSA) is 32.3 Å². The van der Waals surface area contributed by atoms with Crippen molar-refractivity contribution in [1.82, 2.24) is 10.2 Å². The van der Waals surface area contributed by atoms with Crippen LogP contribution in [0.4, 0.5) is 4.39 Å². The zero-order valence-corrected chi connectivity index (χ0v) is 14.9. The zero-order chi connectivity index (χ0) is 16.9. The summed E-state index contributed by atoms with van der Waals surface area (Å²) >= 11 is 3.51. The molecule has 1 aliphatic rings. The van der Waals surface area contributed by atoms with E-state index < -0.39 is 0 Å². The molecular weight excluding hydrogens is 371 g/mol. The van der Waals surface area contributed by atoms with E-state index in [0.717, 1.165) is 29.4 Å². The van der Waals surface area contributed by atoms with Gasteiger partial charge in [-0.2, -0.15) is 0 Å². The standard InChI is InChI=1S/C19H20BrFN2O/c20-16-4-1-3-15(11-16)18-5-2-10-23(18)13-19(24)22-12-14-6-8-17(21)9-7-14/h1,3-4,6-9,11,18H,2,5,10,12-13H2,(H,22,24). The van der Waals surface area contributed by atoms with Gasteiger partial charge in [-0.25, -0.2) is 4.39 Å². The highest BCUT2D eigenvalue weighted by Gasteiger charge is 2.27. The van der Waals surface area contributed by atoms with Gasteiger partial charge >= 0.3 is 0 Å². The molecule has 1 N–H and O–H groups in total. The fourth-order valence-corrected chi connectivity index (χ4v) is 3.57. The molecule has 0 aliphatic carbocycles. The summed E-state index contributed by atoms with van der Waals surface area (Å²) in [6.45, 7) is 1.74. The number of hydrogen-bond donors (Lipinski definition) is 1. The van der Waals surface area contributed by atoms with E-state index in [9.17, 15) is 9.18 Å². The summed E-state index contributed by atoms with van der Waals surface area (Å²) in [5, 5.41) is 2.92. The Morgan fingerprint density at radius 3 is 2.79 bits per heavy atom. The van der Waals surface area contributed by atoms with E-state index in [1.165, 1.54) is 17.7 Å². The molecule has 0 radical (unpaired) electrons. The zero-order valence-electron chi connectivity index (χ0n) is 13.3. The average Bonchev–Trinajstić information content (AvgIpc) is 3.02. The first-order valence-electron chi connectivity index (χ1n) is 8.12. The normalized spacial score (nSPS) is 17.8. The lowest BCUT2D eigenvalue weighted by molar-refractivity contribution is -0.122. The molecule has 1 atom stereocenters. The van der Waals surface area contributed by atoms with E-state index in [4.69, 9.17) is 0 Å². The van der Waals surface area contributed by atoms with Crippen molar-refractivity contribution in [3.05, 3.63) is 69.9 Å². The molecule has 0 saturated carbocycles. The van der Waals surface area contributed by atoms with Crippen molar-refractivity contribution in [3.63, 3.8) is 0 Å². The molecule has 0 spiro atoms. The lowest BCUT2D eigenvalue weighted by atomic mass is 10.0. The first kappa shape index (κ1) is 17.1. The molecule has 2 aromatic carbocycles. The molecule has 1 unspecified atom stereocenters. The Kier molecular flexibility index (Phi) is 5.63. The smallest absolute Gasteiger partial charge is 0.234 e. The Balaban J connectivity index is 1.56. The minimum Gasteiger partial charge on any atom is -0.351 e. The first-order chi connectivity index (χ1) is 11.6. The van der Waals surface area contributed by atoms with Gasteiger partial charge in [0.05, 0.1) is 6.54 Å². The number of carbonyl (C=O) groups is 1. The number of likely N-dealkylation sites (tertiary alicyclic amines) is 1. The average molecular weight is 391 g/mol. The molecular formula is C19H20BrFN2O. The van der Waals surface area contributed by atoms with E-state index in [2.05, 4.69) is 38.3 Å². The summed E-state index contributed by atoms with van der Waals surface area (Å²) in [7, 11) is 0. The number of amides is 1. The van der Waals surface area contributed by atoms with Gasteiger partial charge in [-0.1, -0.05) is 40.2 Å². The number of halogens is 2. The fourth-order valence-electron chi connectivity index (χ4n) is 3.15. The van der Waals surface area contributed by atoms with Gasteiger partial charge in [-0.3, -0.25) is 9.69 Å². The Morgan fingerprint density at radius 1 is 1.25 bits per heavy atom. The van der Waals surface area contributed by atoms with Crippen LogP contribution >= 0.6 is 15.9 Å². The predicted molar refractivity (Wildman–Crippen MR) is 95.9 cm³/mol. The Morgan fingerprint density at radius 2 is 2.04 bits per heavy atom. The first-order valence-corrected chi connectivity index (χ1v) is 8.92. The van der Waals surface area contributed by atoms with Crippen LogP contribution in [0, 0.1) is 5.82 Å². The molecule has 1 heterocycles. The molecule has 24 heavy (non-hydrogen) atoms. The summed E-state index contributed by atoms with van der Waals surface area (Å²) in [6, 6.07) is 14.8. The summed E-state index contributed by atoms with van der Waals surface area (Å²) in [4.78, 5) is 14.5. The van der Waals surface area contributed by atoms with E-state index in [0.29, 0.717) is 19.1 Å². The summed E-state index contributed by atoms with van der Waals surface area (Å²) in [5.74, 6) is -0.264. The van der Waals surface area contributed by atoms with Crippen LogP contribution in [0.5, 0.6) is 0 Å². The molecule has 126 valence electrons. The minimum absolute atomic E-state index is 0.00113. The number of carbonyl (C=O) groups excluding carboxylic acids is 1. The fraction of sp³-hybridized carbons (Fsp3) is 0.316. The molecule has 3 rings (SSSR count). The van der Waals surface area contributed by atoms with Gasteiger partial charge in [0.2, 0.25) is 5.91 Å². The van der Waals surface area contributed by atoms with Crippen molar-refractivity contribution in [3.8, 4) is 0 Å². The molecule has 0 aromatic heterocycles. The maximum absolute atomic E-state index is 12.9. The Labute approximate surface area is 150 Å². The molecule has 5 heteroatoms. The van der Waals surface area contributed by atoms with Crippen molar-refractivity contribution in [2.75, 3.05) is 13.1 Å². The second kappa shape index (κ2) is 7.90. The lowest BCUT2D eigenvalue weighted by Gasteiger charge is -2.24. The minimum atomic E-state index is -0.265. The van der Waals surface area contributed by atoms with Crippen LogP contribution in [-0.2, 0) is 11.3 Å². The van der Waals surface area contributed by atoms with Crippen LogP contribution in [0.15, 0.2) is 53.0 Å². The van der Waals surface area contributed by atoms with Gasteiger partial charge in [0.15, 0.2) is 0 Å². The summed E-state index contributed by atoms with van der Waals surface area (Å²) in [5.41, 5.74) is 2.14. The second-order valence-corrected chi connectivity index (χ2v) is 7.00. The van der Waals surface area contributed by atoms with Crippen molar-refractivity contribution >= 4 is 21.8 Å². The molecule has 2 aromatic rings. The highest BCUT2D eigenvalue weighted by atomic mass is 79.9. The number of nitrogens with zero attached hydrogens (tertiary/aromatic N) is 1. The van der Waals surface area contributed by atoms with Crippen molar-refractivity contribution in [1.29, 1.82) is 0 Å². The van der Waals surface area contributed by atoms with Gasteiger partial charge < -0.3 is 5.32 Å². The number of hydrogen-bond acceptors (Lipinski definition) is 2. The molecule has 1 saturated heterocycles. The van der Waals surface area contributed by atoms with E-state index in [1.807, 2.05) is 12.1 Å². The molecule has 1 fully saturated rings. The van der Waals surface area contributed by atoms with Gasteiger partial charge in [-0.05, 0) is 54.8 Å². The third-order valence-electron chi connectivity index (χ3n) is 4.35. The molecule has 1 aliphatic heterocycles. The summed E-state index contributed by atoms with van der Waals surface area (Å²) < 4.78 is 14.0. The summed E-state index contributed by atoms with van der Waals surface area (Å²) in [6.07, 6.45) is 2.17. The van der Waals surface area contributed by atoms with Gasteiger partial charge in [0.1, 0.15) is 5.82 Å². The molecule has 3 nitrogen and oxygen atoms in total. The van der Waals surface area contributed by atoms with E-state index in [-0.39, 0.29) is 11.7 Å². The quantitative estimate of drug-likeness (QED) is 0.835. The molecule has 0 bridgehead atoms. The predicted octanol–water partition coefficient (Wildman–Crippen LogP) is 4.04. The maximum Gasteiger partial charge on any atom is 0.234 e. The Hall–Kier alpha value is -1.72. The van der Waals surface area contributed by atoms with E-state index >= 15 is 0 Å². The number of rotatable bonds is 5. The highest BCUT2D eigenvalue weighted by Crippen LogP contribution is 2.32. The van der Waals surface area contributed by atoms with Crippen LogP contribution in [-0.4, -0.2) is 23.9 Å². The monoisotopic (exact) mass is 390 g/mol. The number of benzene rings is 2. The van der Waals surface area contributed by atoms with Crippen LogP contribution in [0.3, 0.4) is 0 Å². The van der Waals surface area contributed by atoms with Crippen LogP contribution in [0.1, 0.15) is 30.0 Å². The number of nitrogens with one attached hydrogen (secondary N) is 1. The van der Waals surface area contributed by atoms with Gasteiger partial charge in [-0.15, -0.1) is 0 Å². The third-order valence-corrected chi connectivity index (χ3v) is 4.84. The van der Waals surface area contributed by atoms with Gasteiger partial charge in [0.25, 0.3) is 0 Å². The third kappa shape index (κ3) is 4.42. The van der Waals surface area contributed by atoms with Crippen LogP contribution in [0.2, 0.25) is 0 Å². The molecule has 1 amide bonds. The van der Waals surface area contributed by atoms with Crippen molar-refractivity contribution in [2.45, 2.75) is 25.4 Å². The Bertz CT molecular complexity index is 705. The van der Waals surface area contributed by atoms with Crippen molar-refractivity contribution in [2.24, 2.45) is 0 Å². The highest BCUT2D eigenvalue weighted by molar-refractivity contribution is 9.10. The lowest BCUT2D eigenvalue weighted by Crippen LogP contribution is -2.36. The van der Waals surface area contributed by atoms with Crippen molar-refractivity contribution < 1.29 is 9.18 Å². The largest absolute Gasteiger partial charge is 0.351 e.